The van der Waals surface area contributed by atoms with Gasteiger partial charge in [0.25, 0.3) is 0 Å². The number of hydrogen-bond donors (Lipinski definition) is 1. The number of hydrogen-bond acceptors (Lipinski definition) is 4. The van der Waals surface area contributed by atoms with E-state index in [0.717, 1.165) is 18.6 Å². The molecule has 2 N–H and O–H groups in total. The van der Waals surface area contributed by atoms with Gasteiger partial charge in [0.1, 0.15) is 12.4 Å². The number of aryl methyl sites for hydroxylation is 1. The van der Waals surface area contributed by atoms with Crippen LogP contribution in [-0.2, 0) is 16.0 Å². The average Bonchev–Trinajstić information content (AvgIpc) is 2.43. The van der Waals surface area contributed by atoms with Gasteiger partial charge in [0.2, 0.25) is 0 Å². The van der Waals surface area contributed by atoms with Crippen LogP contribution in [0.1, 0.15) is 32.8 Å². The van der Waals surface area contributed by atoms with Crippen molar-refractivity contribution in [2.24, 2.45) is 11.1 Å². The van der Waals surface area contributed by atoms with Gasteiger partial charge in [0.15, 0.2) is 0 Å². The lowest BCUT2D eigenvalue weighted by Gasteiger charge is -2.21. The summed E-state index contributed by atoms with van der Waals surface area (Å²) in [4.78, 5) is 11.5. The Hall–Kier alpha value is -1.55. The Morgan fingerprint density at radius 1 is 1.30 bits per heavy atom. The monoisotopic (exact) mass is 279 g/mol. The van der Waals surface area contributed by atoms with Crippen molar-refractivity contribution in [2.45, 2.75) is 39.7 Å². The third-order valence-corrected chi connectivity index (χ3v) is 3.15. The Bertz CT molecular complexity index is 424. The minimum absolute atomic E-state index is 0.215. The molecule has 1 aromatic rings. The van der Waals surface area contributed by atoms with E-state index in [1.165, 1.54) is 12.7 Å². The molecular weight excluding hydrogens is 254 g/mol. The lowest BCUT2D eigenvalue weighted by atomic mass is 9.95. The first kappa shape index (κ1) is 16.5. The molecular formula is C16H25NO3. The van der Waals surface area contributed by atoms with Crippen molar-refractivity contribution in [3.05, 3.63) is 29.8 Å². The minimum Gasteiger partial charge on any atom is -0.492 e. The number of rotatable bonds is 7. The zero-order valence-corrected chi connectivity index (χ0v) is 12.8. The molecule has 1 unspecified atom stereocenters. The topological polar surface area (TPSA) is 61.5 Å². The number of ether oxygens (including phenoxy) is 2. The first-order chi connectivity index (χ1) is 9.35. The van der Waals surface area contributed by atoms with Crippen molar-refractivity contribution in [2.75, 3.05) is 13.7 Å². The second kappa shape index (κ2) is 7.29. The fraction of sp³-hybridized carbons (Fsp3) is 0.562. The van der Waals surface area contributed by atoms with Gasteiger partial charge in [0.05, 0.1) is 12.5 Å². The molecule has 0 aromatic heterocycles. The molecule has 1 aromatic carbocycles. The van der Waals surface area contributed by atoms with Crippen LogP contribution in [0.25, 0.3) is 0 Å². The molecule has 0 radical (unpaired) electrons. The molecule has 0 aliphatic heterocycles. The third kappa shape index (κ3) is 5.21. The smallest absolute Gasteiger partial charge is 0.314 e. The molecule has 112 valence electrons. The molecule has 1 rings (SSSR count). The highest BCUT2D eigenvalue weighted by molar-refractivity contribution is 5.75. The summed E-state index contributed by atoms with van der Waals surface area (Å²) in [5, 5.41) is 0. The predicted octanol–water partition coefficient (Wildman–Crippen LogP) is 2.54. The summed E-state index contributed by atoms with van der Waals surface area (Å²) in [5.41, 5.74) is 6.33. The standard InChI is InChI=1S/C16H25NO3/c1-12(17)5-6-13-7-9-14(10-8-13)20-11-16(2,3)15(18)19-4/h7-10,12H,5-6,11,17H2,1-4H3. The van der Waals surface area contributed by atoms with Gasteiger partial charge in [-0.15, -0.1) is 0 Å². The Morgan fingerprint density at radius 3 is 2.40 bits per heavy atom. The first-order valence-corrected chi connectivity index (χ1v) is 6.91. The summed E-state index contributed by atoms with van der Waals surface area (Å²) in [6.07, 6.45) is 1.93. The maximum absolute atomic E-state index is 11.5. The largest absolute Gasteiger partial charge is 0.492 e. The third-order valence-electron chi connectivity index (χ3n) is 3.15. The summed E-state index contributed by atoms with van der Waals surface area (Å²) in [7, 11) is 1.39. The summed E-state index contributed by atoms with van der Waals surface area (Å²) in [6.45, 7) is 5.90. The van der Waals surface area contributed by atoms with E-state index < -0.39 is 5.41 Å². The zero-order valence-electron chi connectivity index (χ0n) is 12.8. The van der Waals surface area contributed by atoms with Crippen LogP contribution in [0.15, 0.2) is 24.3 Å². The van der Waals surface area contributed by atoms with Crippen molar-refractivity contribution in [3.63, 3.8) is 0 Å². The first-order valence-electron chi connectivity index (χ1n) is 6.91. The van der Waals surface area contributed by atoms with Gasteiger partial charge in [-0.2, -0.15) is 0 Å². The van der Waals surface area contributed by atoms with Gasteiger partial charge in [-0.25, -0.2) is 0 Å². The van der Waals surface area contributed by atoms with Crippen molar-refractivity contribution in [1.29, 1.82) is 0 Å². The summed E-state index contributed by atoms with van der Waals surface area (Å²) in [6, 6.07) is 8.12. The number of carbonyl (C=O) groups is 1. The van der Waals surface area contributed by atoms with Gasteiger partial charge in [-0.05, 0) is 51.3 Å². The van der Waals surface area contributed by atoms with E-state index >= 15 is 0 Å². The van der Waals surface area contributed by atoms with Crippen molar-refractivity contribution < 1.29 is 14.3 Å². The summed E-state index contributed by atoms with van der Waals surface area (Å²) in [5.74, 6) is 0.484. The predicted molar refractivity (Wildman–Crippen MR) is 79.7 cm³/mol. The fourth-order valence-electron chi connectivity index (χ4n) is 1.75. The maximum Gasteiger partial charge on any atom is 0.314 e. The molecule has 0 heterocycles. The van der Waals surface area contributed by atoms with Gasteiger partial charge in [-0.1, -0.05) is 12.1 Å². The van der Waals surface area contributed by atoms with E-state index in [0.29, 0.717) is 6.61 Å². The van der Waals surface area contributed by atoms with E-state index in [4.69, 9.17) is 15.2 Å². The van der Waals surface area contributed by atoms with Crippen LogP contribution < -0.4 is 10.5 Å². The van der Waals surface area contributed by atoms with Crippen LogP contribution in [0.5, 0.6) is 5.75 Å². The molecule has 0 saturated heterocycles. The van der Waals surface area contributed by atoms with E-state index in [1.54, 1.807) is 13.8 Å². The number of carbonyl (C=O) groups excluding carboxylic acids is 1. The molecule has 0 saturated carbocycles. The molecule has 0 bridgehead atoms. The molecule has 4 nitrogen and oxygen atoms in total. The van der Waals surface area contributed by atoms with Crippen LogP contribution in [-0.4, -0.2) is 25.7 Å². The lowest BCUT2D eigenvalue weighted by Crippen LogP contribution is -2.32. The molecule has 0 spiro atoms. The molecule has 1 atom stereocenters. The molecule has 0 fully saturated rings. The number of nitrogens with two attached hydrogens (primary N) is 1. The van der Waals surface area contributed by atoms with Crippen molar-refractivity contribution in [3.8, 4) is 5.75 Å². The quantitative estimate of drug-likeness (QED) is 0.779. The molecule has 0 amide bonds. The van der Waals surface area contributed by atoms with Crippen LogP contribution >= 0.6 is 0 Å². The number of benzene rings is 1. The molecule has 0 aliphatic rings. The highest BCUT2D eigenvalue weighted by atomic mass is 16.5. The van der Waals surface area contributed by atoms with Crippen molar-refractivity contribution in [1.82, 2.24) is 0 Å². The fourth-order valence-corrected chi connectivity index (χ4v) is 1.75. The molecule has 0 aliphatic carbocycles. The Morgan fingerprint density at radius 2 is 1.90 bits per heavy atom. The lowest BCUT2D eigenvalue weighted by molar-refractivity contribution is -0.152. The van der Waals surface area contributed by atoms with E-state index in [9.17, 15) is 4.79 Å². The van der Waals surface area contributed by atoms with Gasteiger partial charge in [0, 0.05) is 6.04 Å². The van der Waals surface area contributed by atoms with E-state index in [-0.39, 0.29) is 12.0 Å². The molecule has 20 heavy (non-hydrogen) atoms. The normalized spacial score (nSPS) is 12.8. The minimum atomic E-state index is -0.650. The Kier molecular flexibility index (Phi) is 6.02. The Labute approximate surface area is 121 Å². The second-order valence-corrected chi connectivity index (χ2v) is 5.82. The average molecular weight is 279 g/mol. The van der Waals surface area contributed by atoms with Crippen LogP contribution in [0.2, 0.25) is 0 Å². The summed E-state index contributed by atoms with van der Waals surface area (Å²) < 4.78 is 10.4. The van der Waals surface area contributed by atoms with Crippen LogP contribution in [0.3, 0.4) is 0 Å². The Balaban J connectivity index is 2.51. The van der Waals surface area contributed by atoms with Crippen LogP contribution in [0, 0.1) is 5.41 Å². The maximum atomic E-state index is 11.5. The van der Waals surface area contributed by atoms with E-state index in [2.05, 4.69) is 0 Å². The van der Waals surface area contributed by atoms with Gasteiger partial charge < -0.3 is 15.2 Å². The SMILES string of the molecule is COC(=O)C(C)(C)COc1ccc(CCC(C)N)cc1. The van der Waals surface area contributed by atoms with Crippen molar-refractivity contribution >= 4 is 5.97 Å². The number of methoxy groups -OCH3 is 1. The summed E-state index contributed by atoms with van der Waals surface area (Å²) >= 11 is 0. The van der Waals surface area contributed by atoms with E-state index in [1.807, 2.05) is 31.2 Å². The highest BCUT2D eigenvalue weighted by Crippen LogP contribution is 2.21. The highest BCUT2D eigenvalue weighted by Gasteiger charge is 2.29. The second-order valence-electron chi connectivity index (χ2n) is 5.82. The zero-order chi connectivity index (χ0) is 15.2. The van der Waals surface area contributed by atoms with Crippen LogP contribution in [0.4, 0.5) is 0 Å². The van der Waals surface area contributed by atoms with Gasteiger partial charge >= 0.3 is 5.97 Å². The number of esters is 1. The molecule has 4 heteroatoms. The van der Waals surface area contributed by atoms with Gasteiger partial charge in [-0.3, -0.25) is 4.79 Å².